The van der Waals surface area contributed by atoms with Crippen molar-refractivity contribution in [3.05, 3.63) is 73.3 Å². The van der Waals surface area contributed by atoms with E-state index in [0.717, 1.165) is 25.7 Å². The highest BCUT2D eigenvalue weighted by Crippen LogP contribution is 2.38. The molecule has 0 aliphatic heterocycles. The van der Waals surface area contributed by atoms with Crippen LogP contribution in [0.2, 0.25) is 5.04 Å². The van der Waals surface area contributed by atoms with Crippen molar-refractivity contribution in [3.63, 3.8) is 0 Å². The number of rotatable bonds is 14. The van der Waals surface area contributed by atoms with Crippen molar-refractivity contribution in [1.82, 2.24) is 0 Å². The molecule has 3 nitrogen and oxygen atoms in total. The Morgan fingerprint density at radius 2 is 1.36 bits per heavy atom. The van der Waals surface area contributed by atoms with Gasteiger partial charge in [0.05, 0.1) is 5.41 Å². The van der Waals surface area contributed by atoms with Gasteiger partial charge in [0.2, 0.25) is 0 Å². The molecule has 4 heteroatoms. The van der Waals surface area contributed by atoms with E-state index in [2.05, 4.69) is 99.9 Å². The van der Waals surface area contributed by atoms with E-state index in [1.165, 1.54) is 36.1 Å². The topological polar surface area (TPSA) is 35.5 Å². The Morgan fingerprint density at radius 3 is 1.85 bits per heavy atom. The summed E-state index contributed by atoms with van der Waals surface area (Å²) in [6, 6.07) is 21.4. The van der Waals surface area contributed by atoms with Crippen LogP contribution in [0.15, 0.2) is 73.3 Å². The van der Waals surface area contributed by atoms with E-state index in [-0.39, 0.29) is 23.7 Å². The van der Waals surface area contributed by atoms with Crippen LogP contribution in [0, 0.1) is 17.3 Å². The molecule has 2 rings (SSSR count). The predicted octanol–water partition coefficient (Wildman–Crippen LogP) is 7.83. The maximum Gasteiger partial charge on any atom is 0.312 e. The molecule has 0 aliphatic rings. The van der Waals surface area contributed by atoms with Gasteiger partial charge < -0.3 is 9.16 Å². The molecule has 2 aromatic carbocycles. The van der Waals surface area contributed by atoms with E-state index in [9.17, 15) is 4.79 Å². The Bertz CT molecular complexity index is 1010. The zero-order valence-electron chi connectivity index (χ0n) is 25.2. The fraction of sp³-hybridized carbons (Fsp3) is 0.514. The Labute approximate surface area is 239 Å². The number of benzene rings is 2. The van der Waals surface area contributed by atoms with Crippen molar-refractivity contribution < 1.29 is 14.0 Å². The number of hydrogen-bond acceptors (Lipinski definition) is 3. The molecule has 0 radical (unpaired) electrons. The molecule has 0 aromatic heterocycles. The number of esters is 1. The first-order valence-electron chi connectivity index (χ1n) is 14.6. The van der Waals surface area contributed by atoms with Crippen LogP contribution >= 0.6 is 0 Å². The normalized spacial score (nSPS) is 12.8. The van der Waals surface area contributed by atoms with Gasteiger partial charge >= 0.3 is 5.97 Å². The minimum Gasteiger partial charge on any atom is -0.452 e. The van der Waals surface area contributed by atoms with Gasteiger partial charge in [0.15, 0.2) is 6.61 Å². The minimum absolute atomic E-state index is 0.0833. The summed E-state index contributed by atoms with van der Waals surface area (Å²) in [7, 11) is -2.73. The number of ether oxygens (including phenoxy) is 1. The van der Waals surface area contributed by atoms with Crippen molar-refractivity contribution in [2.75, 3.05) is 6.61 Å². The van der Waals surface area contributed by atoms with Gasteiger partial charge in [-0.1, -0.05) is 125 Å². The van der Waals surface area contributed by atoms with E-state index in [0.29, 0.717) is 0 Å². The molecule has 0 heterocycles. The standard InChI is InChI=1S/C35H50O3Si/c1-8-9-10-11-12-13-14-17-23-30(24-22-29-37-33(36)34(2,3)4)38-39(35(5,6)7,31-25-18-15-19-26-31)32-27-20-16-21-28-32/h8,15-16,18-21,25-28,30H,1,9-14,17,23,29H2,2-7H3. The van der Waals surface area contributed by atoms with Gasteiger partial charge in [0.1, 0.15) is 6.10 Å². The SMILES string of the molecule is C=CCCCCCCCCC(C#CCOC(=O)C(C)(C)C)O[Si](c1ccccc1)(c1ccccc1)C(C)(C)C. The van der Waals surface area contributed by atoms with Crippen molar-refractivity contribution in [2.24, 2.45) is 5.41 Å². The lowest BCUT2D eigenvalue weighted by Gasteiger charge is -2.44. The second kappa shape index (κ2) is 15.8. The molecule has 2 aromatic rings. The van der Waals surface area contributed by atoms with E-state index in [1.54, 1.807) is 0 Å². The number of hydrogen-bond donors (Lipinski definition) is 0. The fourth-order valence-corrected chi connectivity index (χ4v) is 9.48. The van der Waals surface area contributed by atoms with Gasteiger partial charge in [0, 0.05) is 0 Å². The minimum atomic E-state index is -2.73. The predicted molar refractivity (Wildman–Crippen MR) is 168 cm³/mol. The third-order valence-corrected chi connectivity index (χ3v) is 12.1. The lowest BCUT2D eigenvalue weighted by Crippen LogP contribution is -2.67. The zero-order chi connectivity index (χ0) is 28.8. The molecule has 0 amide bonds. The zero-order valence-corrected chi connectivity index (χ0v) is 26.2. The van der Waals surface area contributed by atoms with E-state index in [4.69, 9.17) is 9.16 Å². The van der Waals surface area contributed by atoms with Gasteiger partial charge in [0.25, 0.3) is 8.32 Å². The highest BCUT2D eigenvalue weighted by atomic mass is 28.4. The maximum absolute atomic E-state index is 12.3. The Morgan fingerprint density at radius 1 is 0.846 bits per heavy atom. The highest BCUT2D eigenvalue weighted by molar-refractivity contribution is 6.99. The van der Waals surface area contributed by atoms with Gasteiger partial charge in [-0.3, -0.25) is 4.79 Å². The molecular formula is C35H50O3Si. The van der Waals surface area contributed by atoms with E-state index >= 15 is 0 Å². The van der Waals surface area contributed by atoms with Crippen LogP contribution in [0.1, 0.15) is 92.9 Å². The van der Waals surface area contributed by atoms with E-state index < -0.39 is 13.7 Å². The molecule has 0 aliphatic carbocycles. The summed E-state index contributed by atoms with van der Waals surface area (Å²) in [6.07, 6.45) is 10.9. The van der Waals surface area contributed by atoms with Gasteiger partial charge in [-0.2, -0.15) is 0 Å². The Hall–Kier alpha value is -2.61. The third kappa shape index (κ3) is 10.1. The first-order valence-corrected chi connectivity index (χ1v) is 16.5. The van der Waals surface area contributed by atoms with Crippen LogP contribution in [0.3, 0.4) is 0 Å². The van der Waals surface area contributed by atoms with Gasteiger partial charge in [-0.15, -0.1) is 6.58 Å². The summed E-state index contributed by atoms with van der Waals surface area (Å²) in [4.78, 5) is 12.3. The number of carbonyl (C=O) groups is 1. The van der Waals surface area contributed by atoms with Gasteiger partial charge in [-0.05, 0) is 61.9 Å². The van der Waals surface area contributed by atoms with Crippen LogP contribution in [-0.4, -0.2) is 27.0 Å². The Balaban J connectivity index is 2.33. The monoisotopic (exact) mass is 546 g/mol. The van der Waals surface area contributed by atoms with Crippen molar-refractivity contribution in [1.29, 1.82) is 0 Å². The molecular weight excluding hydrogens is 496 g/mol. The lowest BCUT2D eigenvalue weighted by molar-refractivity contribution is -0.151. The maximum atomic E-state index is 12.3. The lowest BCUT2D eigenvalue weighted by atomic mass is 9.97. The summed E-state index contributed by atoms with van der Waals surface area (Å²) in [5.74, 6) is 6.28. The fourth-order valence-electron chi connectivity index (χ4n) is 4.86. The van der Waals surface area contributed by atoms with Crippen molar-refractivity contribution in [3.8, 4) is 11.8 Å². The average Bonchev–Trinajstić information content (AvgIpc) is 2.90. The van der Waals surface area contributed by atoms with E-state index in [1.807, 2.05) is 26.8 Å². The summed E-state index contributed by atoms with van der Waals surface area (Å²) in [6.45, 7) is 16.3. The smallest absolute Gasteiger partial charge is 0.312 e. The summed E-state index contributed by atoms with van der Waals surface area (Å²) < 4.78 is 12.8. The largest absolute Gasteiger partial charge is 0.452 e. The molecule has 0 spiro atoms. The molecule has 0 bridgehead atoms. The molecule has 1 atom stereocenters. The molecule has 0 saturated heterocycles. The summed E-state index contributed by atoms with van der Waals surface area (Å²) >= 11 is 0. The van der Waals surface area contributed by atoms with Crippen molar-refractivity contribution in [2.45, 2.75) is 104 Å². The summed E-state index contributed by atoms with van der Waals surface area (Å²) in [5, 5.41) is 2.37. The van der Waals surface area contributed by atoms with Crippen molar-refractivity contribution >= 4 is 24.7 Å². The quantitative estimate of drug-likeness (QED) is 0.0796. The molecule has 0 N–H and O–H groups in total. The molecule has 0 saturated carbocycles. The van der Waals surface area contributed by atoms with Gasteiger partial charge in [-0.25, -0.2) is 0 Å². The first-order chi connectivity index (χ1) is 18.5. The van der Waals surface area contributed by atoms with Crippen LogP contribution < -0.4 is 10.4 Å². The number of allylic oxidation sites excluding steroid dienone is 1. The number of carbonyl (C=O) groups excluding carboxylic acids is 1. The summed E-state index contributed by atoms with van der Waals surface area (Å²) in [5.41, 5.74) is -0.543. The molecule has 212 valence electrons. The Kier molecular flexibility index (Phi) is 13.2. The average molecular weight is 547 g/mol. The van der Waals surface area contributed by atoms with Crippen LogP contribution in [0.25, 0.3) is 0 Å². The third-order valence-electron chi connectivity index (χ3n) is 7.01. The molecule has 1 unspecified atom stereocenters. The van der Waals surface area contributed by atoms with Crippen LogP contribution in [0.4, 0.5) is 0 Å². The first kappa shape index (κ1) is 32.6. The molecule has 0 fully saturated rings. The number of unbranched alkanes of at least 4 members (excludes halogenated alkanes) is 6. The van der Waals surface area contributed by atoms with Crippen LogP contribution in [-0.2, 0) is 14.0 Å². The second-order valence-corrected chi connectivity index (χ2v) is 16.7. The molecule has 39 heavy (non-hydrogen) atoms. The van der Waals surface area contributed by atoms with Crippen LogP contribution in [0.5, 0.6) is 0 Å². The highest BCUT2D eigenvalue weighted by Gasteiger charge is 2.51. The second-order valence-electron chi connectivity index (χ2n) is 12.4.